The Bertz CT molecular complexity index is 871. The number of nitrogens with two attached hydrogens (primary N) is 2. The molecule has 154 valence electrons. The Morgan fingerprint density at radius 1 is 1.10 bits per heavy atom. The molecule has 2 aliphatic rings. The van der Waals surface area contributed by atoms with Crippen LogP contribution in [0.5, 0.6) is 11.5 Å². The van der Waals surface area contributed by atoms with Gasteiger partial charge in [-0.15, -0.1) is 0 Å². The fourth-order valence-electron chi connectivity index (χ4n) is 4.61. The Morgan fingerprint density at radius 3 is 2.59 bits per heavy atom. The van der Waals surface area contributed by atoms with Gasteiger partial charge in [0.05, 0.1) is 5.56 Å². The van der Waals surface area contributed by atoms with E-state index < -0.39 is 5.82 Å². The lowest BCUT2D eigenvalue weighted by atomic mass is 9.78. The highest BCUT2D eigenvalue weighted by molar-refractivity contribution is 5.95. The first-order valence-corrected chi connectivity index (χ1v) is 10.4. The van der Waals surface area contributed by atoms with Gasteiger partial charge in [-0.2, -0.15) is 0 Å². The molecule has 0 spiro atoms. The van der Waals surface area contributed by atoms with E-state index in [-0.39, 0.29) is 17.5 Å². The van der Waals surface area contributed by atoms with Gasteiger partial charge in [0.15, 0.2) is 0 Å². The van der Waals surface area contributed by atoms with Gasteiger partial charge in [0.25, 0.3) is 5.91 Å². The number of nitrogens with zero attached hydrogens (tertiary/aromatic N) is 1. The SMILES string of the molecule is NCCc1ccc(Oc2ccc(F)c(C(=O)N3C[C@H]4CCC[C@@H](N)[C@H]4C3)c2)cc1. The summed E-state index contributed by atoms with van der Waals surface area (Å²) in [6.07, 6.45) is 4.00. The summed E-state index contributed by atoms with van der Waals surface area (Å²) in [6.45, 7) is 1.86. The number of benzene rings is 2. The first-order chi connectivity index (χ1) is 14.0. The molecule has 3 atom stereocenters. The molecule has 1 saturated carbocycles. The van der Waals surface area contributed by atoms with Crippen molar-refractivity contribution in [3.63, 3.8) is 0 Å². The summed E-state index contributed by atoms with van der Waals surface area (Å²) in [6, 6.07) is 12.1. The predicted molar refractivity (Wildman–Crippen MR) is 110 cm³/mol. The topological polar surface area (TPSA) is 81.6 Å². The highest BCUT2D eigenvalue weighted by Crippen LogP contribution is 2.36. The summed E-state index contributed by atoms with van der Waals surface area (Å²) < 4.78 is 20.3. The number of halogens is 1. The molecule has 0 unspecified atom stereocenters. The number of carbonyl (C=O) groups excluding carboxylic acids is 1. The van der Waals surface area contributed by atoms with Crippen molar-refractivity contribution in [1.82, 2.24) is 4.90 Å². The average Bonchev–Trinajstić information content (AvgIpc) is 3.16. The smallest absolute Gasteiger partial charge is 0.256 e. The lowest BCUT2D eigenvalue weighted by Gasteiger charge is -2.29. The van der Waals surface area contributed by atoms with Crippen molar-refractivity contribution >= 4 is 5.91 Å². The maximum absolute atomic E-state index is 14.5. The highest BCUT2D eigenvalue weighted by Gasteiger charge is 2.40. The van der Waals surface area contributed by atoms with E-state index in [1.807, 2.05) is 24.3 Å². The number of hydrogen-bond donors (Lipinski definition) is 2. The van der Waals surface area contributed by atoms with E-state index in [0.717, 1.165) is 31.2 Å². The minimum absolute atomic E-state index is 0.0504. The second kappa shape index (κ2) is 8.51. The zero-order valence-corrected chi connectivity index (χ0v) is 16.5. The lowest BCUT2D eigenvalue weighted by Crippen LogP contribution is -2.38. The molecule has 4 rings (SSSR count). The number of fused-ring (bicyclic) bond motifs is 1. The summed E-state index contributed by atoms with van der Waals surface area (Å²) in [4.78, 5) is 14.8. The van der Waals surface area contributed by atoms with Crippen molar-refractivity contribution in [1.29, 1.82) is 0 Å². The van der Waals surface area contributed by atoms with Crippen LogP contribution in [0.2, 0.25) is 0 Å². The van der Waals surface area contributed by atoms with Crippen LogP contribution in [0.1, 0.15) is 35.2 Å². The molecule has 2 fully saturated rings. The van der Waals surface area contributed by atoms with Crippen molar-refractivity contribution in [3.05, 3.63) is 59.4 Å². The number of likely N-dealkylation sites (tertiary alicyclic amines) is 1. The third-order valence-corrected chi connectivity index (χ3v) is 6.20. The number of rotatable bonds is 5. The maximum Gasteiger partial charge on any atom is 0.256 e. The molecular formula is C23H28FN3O2. The largest absolute Gasteiger partial charge is 0.457 e. The second-order valence-corrected chi connectivity index (χ2v) is 8.16. The van der Waals surface area contributed by atoms with Gasteiger partial charge in [-0.25, -0.2) is 4.39 Å². The monoisotopic (exact) mass is 397 g/mol. The van der Waals surface area contributed by atoms with Gasteiger partial charge < -0.3 is 21.1 Å². The molecule has 1 aliphatic heterocycles. The minimum atomic E-state index is -0.528. The van der Waals surface area contributed by atoms with Crippen LogP contribution >= 0.6 is 0 Å². The zero-order chi connectivity index (χ0) is 20.4. The van der Waals surface area contributed by atoms with Crippen LogP contribution in [0, 0.1) is 17.7 Å². The number of ether oxygens (including phenoxy) is 1. The standard InChI is InChI=1S/C23H28FN3O2/c24-21-9-8-18(29-17-6-4-15(5-7-17)10-11-25)12-19(21)23(28)27-13-16-2-1-3-22(26)20(16)14-27/h4-9,12,16,20,22H,1-3,10-11,13-14,25-26H2/t16-,20+,22-/m1/s1. The molecule has 2 aromatic carbocycles. The van der Waals surface area contributed by atoms with Crippen LogP contribution in [0.25, 0.3) is 0 Å². The van der Waals surface area contributed by atoms with Gasteiger partial charge in [0, 0.05) is 19.1 Å². The Hall–Kier alpha value is -2.44. The molecule has 29 heavy (non-hydrogen) atoms. The molecule has 1 saturated heterocycles. The van der Waals surface area contributed by atoms with Crippen molar-refractivity contribution in [2.75, 3.05) is 19.6 Å². The highest BCUT2D eigenvalue weighted by atomic mass is 19.1. The van der Waals surface area contributed by atoms with Gasteiger partial charge in [0.1, 0.15) is 17.3 Å². The number of hydrogen-bond acceptors (Lipinski definition) is 4. The first kappa shape index (κ1) is 19.9. The van der Waals surface area contributed by atoms with Crippen molar-refractivity contribution in [3.8, 4) is 11.5 Å². The Morgan fingerprint density at radius 2 is 1.86 bits per heavy atom. The van der Waals surface area contributed by atoms with Crippen LogP contribution in [0.4, 0.5) is 4.39 Å². The van der Waals surface area contributed by atoms with Gasteiger partial charge in [-0.05, 0) is 73.5 Å². The van der Waals surface area contributed by atoms with Gasteiger partial charge >= 0.3 is 0 Å². The van der Waals surface area contributed by atoms with Crippen molar-refractivity contribution < 1.29 is 13.9 Å². The first-order valence-electron chi connectivity index (χ1n) is 10.4. The van der Waals surface area contributed by atoms with E-state index in [9.17, 15) is 9.18 Å². The fraction of sp³-hybridized carbons (Fsp3) is 0.435. The lowest BCUT2D eigenvalue weighted by molar-refractivity contribution is 0.0778. The van der Waals surface area contributed by atoms with E-state index in [4.69, 9.17) is 16.2 Å². The van der Waals surface area contributed by atoms with Crippen LogP contribution in [-0.2, 0) is 6.42 Å². The fourth-order valence-corrected chi connectivity index (χ4v) is 4.61. The average molecular weight is 397 g/mol. The summed E-state index contributed by atoms with van der Waals surface area (Å²) >= 11 is 0. The van der Waals surface area contributed by atoms with E-state index in [1.54, 1.807) is 11.0 Å². The van der Waals surface area contributed by atoms with E-state index in [1.165, 1.54) is 12.1 Å². The zero-order valence-electron chi connectivity index (χ0n) is 16.5. The van der Waals surface area contributed by atoms with E-state index in [0.29, 0.717) is 43.0 Å². The molecule has 0 bridgehead atoms. The third kappa shape index (κ3) is 4.28. The molecule has 1 heterocycles. The van der Waals surface area contributed by atoms with E-state index in [2.05, 4.69) is 0 Å². The van der Waals surface area contributed by atoms with Crippen molar-refractivity contribution in [2.45, 2.75) is 31.7 Å². The summed E-state index contributed by atoms with van der Waals surface area (Å²) in [5, 5.41) is 0. The molecular weight excluding hydrogens is 369 g/mol. The number of carbonyl (C=O) groups is 1. The predicted octanol–water partition coefficient (Wildman–Crippen LogP) is 3.32. The van der Waals surface area contributed by atoms with E-state index >= 15 is 0 Å². The molecule has 1 aliphatic carbocycles. The molecule has 5 nitrogen and oxygen atoms in total. The Labute approximate surface area is 170 Å². The number of amides is 1. The minimum Gasteiger partial charge on any atom is -0.457 e. The normalized spacial score (nSPS) is 23.7. The molecule has 2 aromatic rings. The molecule has 4 N–H and O–H groups in total. The second-order valence-electron chi connectivity index (χ2n) is 8.16. The van der Waals surface area contributed by atoms with Crippen LogP contribution in [0.3, 0.4) is 0 Å². The van der Waals surface area contributed by atoms with Gasteiger partial charge in [-0.3, -0.25) is 4.79 Å². The van der Waals surface area contributed by atoms with Gasteiger partial charge in [-0.1, -0.05) is 18.6 Å². The summed E-state index contributed by atoms with van der Waals surface area (Å²) in [7, 11) is 0. The summed E-state index contributed by atoms with van der Waals surface area (Å²) in [5.41, 5.74) is 13.0. The molecule has 0 radical (unpaired) electrons. The van der Waals surface area contributed by atoms with Crippen LogP contribution in [0.15, 0.2) is 42.5 Å². The van der Waals surface area contributed by atoms with Crippen LogP contribution < -0.4 is 16.2 Å². The Balaban J connectivity index is 1.48. The van der Waals surface area contributed by atoms with Crippen molar-refractivity contribution in [2.24, 2.45) is 23.3 Å². The summed E-state index contributed by atoms with van der Waals surface area (Å²) in [5.74, 6) is 1.01. The molecule has 6 heteroatoms. The molecule has 1 amide bonds. The third-order valence-electron chi connectivity index (χ3n) is 6.20. The maximum atomic E-state index is 14.5. The molecule has 0 aromatic heterocycles. The Kier molecular flexibility index (Phi) is 5.83. The quantitative estimate of drug-likeness (QED) is 0.811. The van der Waals surface area contributed by atoms with Crippen LogP contribution in [-0.4, -0.2) is 36.5 Å². The van der Waals surface area contributed by atoms with Gasteiger partial charge in [0.2, 0.25) is 0 Å².